The number of hydrogen-bond acceptors (Lipinski definition) is 3. The maximum atomic E-state index is 12.7. The molecule has 1 aliphatic rings. The minimum atomic E-state index is -4.44. The molecule has 1 fully saturated rings. The van der Waals surface area contributed by atoms with Crippen molar-refractivity contribution in [2.75, 3.05) is 13.1 Å². The van der Waals surface area contributed by atoms with E-state index in [2.05, 4.69) is 4.98 Å². The molecule has 0 saturated carbocycles. The van der Waals surface area contributed by atoms with Gasteiger partial charge in [0.25, 0.3) is 0 Å². The number of likely N-dealkylation sites (tertiary alicyclic amines) is 1. The van der Waals surface area contributed by atoms with Crippen LogP contribution in [-0.2, 0) is 18.0 Å². The summed E-state index contributed by atoms with van der Waals surface area (Å²) in [6.07, 6.45) is -2.67. The van der Waals surface area contributed by atoms with Crippen LogP contribution in [0.1, 0.15) is 51.0 Å². The Morgan fingerprint density at radius 1 is 1.26 bits per heavy atom. The third-order valence-electron chi connectivity index (χ3n) is 3.71. The van der Waals surface area contributed by atoms with Crippen molar-refractivity contribution in [2.24, 2.45) is 7.05 Å². The molecular formula is C15H22F3N3O2. The summed E-state index contributed by atoms with van der Waals surface area (Å²) >= 11 is 0. The molecule has 0 N–H and O–H groups in total. The van der Waals surface area contributed by atoms with Crippen LogP contribution in [0, 0.1) is 0 Å². The highest BCUT2D eigenvalue weighted by atomic mass is 19.4. The lowest BCUT2D eigenvalue weighted by Gasteiger charge is -2.33. The van der Waals surface area contributed by atoms with Gasteiger partial charge in [-0.15, -0.1) is 0 Å². The lowest BCUT2D eigenvalue weighted by atomic mass is 9.96. The van der Waals surface area contributed by atoms with Gasteiger partial charge < -0.3 is 14.2 Å². The van der Waals surface area contributed by atoms with Crippen molar-refractivity contribution < 1.29 is 22.7 Å². The summed E-state index contributed by atoms with van der Waals surface area (Å²) < 4.78 is 44.9. The maximum absolute atomic E-state index is 12.7. The minimum Gasteiger partial charge on any atom is -0.444 e. The number of rotatable bonds is 1. The Bertz CT molecular complexity index is 568. The van der Waals surface area contributed by atoms with Crippen molar-refractivity contribution in [3.05, 3.63) is 17.7 Å². The highest BCUT2D eigenvalue weighted by Gasteiger charge is 2.36. The summed E-state index contributed by atoms with van der Waals surface area (Å²) in [5.74, 6) is 0.330. The van der Waals surface area contributed by atoms with Gasteiger partial charge in [0.2, 0.25) is 0 Å². The molecule has 0 aliphatic carbocycles. The van der Waals surface area contributed by atoms with Gasteiger partial charge in [-0.1, -0.05) is 0 Å². The van der Waals surface area contributed by atoms with E-state index in [9.17, 15) is 18.0 Å². The number of aryl methyl sites for hydroxylation is 1. The number of amides is 1. The molecule has 8 heteroatoms. The molecule has 0 atom stereocenters. The van der Waals surface area contributed by atoms with E-state index in [-0.39, 0.29) is 12.0 Å². The van der Waals surface area contributed by atoms with Crippen LogP contribution in [0.3, 0.4) is 0 Å². The molecule has 23 heavy (non-hydrogen) atoms. The van der Waals surface area contributed by atoms with E-state index in [1.54, 1.807) is 32.7 Å². The molecule has 1 aromatic heterocycles. The molecule has 1 aromatic rings. The third-order valence-corrected chi connectivity index (χ3v) is 3.71. The number of halogens is 3. The molecule has 1 saturated heterocycles. The van der Waals surface area contributed by atoms with E-state index in [1.165, 1.54) is 4.57 Å². The molecule has 0 unspecified atom stereocenters. The Morgan fingerprint density at radius 2 is 1.83 bits per heavy atom. The summed E-state index contributed by atoms with van der Waals surface area (Å²) in [6, 6.07) is 0. The SMILES string of the molecule is Cn1cc(C(F)(F)F)nc1C1CCN(C(=O)OC(C)(C)C)CC1. The van der Waals surface area contributed by atoms with Gasteiger partial charge in [-0.3, -0.25) is 0 Å². The summed E-state index contributed by atoms with van der Waals surface area (Å²) in [6.45, 7) is 6.29. The van der Waals surface area contributed by atoms with Crippen LogP contribution in [0.5, 0.6) is 0 Å². The van der Waals surface area contributed by atoms with Gasteiger partial charge in [0.15, 0.2) is 5.69 Å². The number of piperidine rings is 1. The number of hydrogen-bond donors (Lipinski definition) is 0. The Balaban J connectivity index is 2.00. The molecule has 0 bridgehead atoms. The van der Waals surface area contributed by atoms with Crippen LogP contribution in [0.15, 0.2) is 6.20 Å². The Labute approximate surface area is 133 Å². The fraction of sp³-hybridized carbons (Fsp3) is 0.733. The largest absolute Gasteiger partial charge is 0.444 e. The lowest BCUT2D eigenvalue weighted by Crippen LogP contribution is -2.41. The van der Waals surface area contributed by atoms with E-state index in [4.69, 9.17) is 4.74 Å². The quantitative estimate of drug-likeness (QED) is 0.789. The average molecular weight is 333 g/mol. The normalized spacial score (nSPS) is 17.4. The van der Waals surface area contributed by atoms with Crippen LogP contribution < -0.4 is 0 Å². The van der Waals surface area contributed by atoms with Crippen LogP contribution in [-0.4, -0.2) is 39.2 Å². The van der Waals surface area contributed by atoms with Crippen molar-refractivity contribution in [3.63, 3.8) is 0 Å². The zero-order valence-electron chi connectivity index (χ0n) is 13.8. The Hall–Kier alpha value is -1.73. The highest BCUT2D eigenvalue weighted by molar-refractivity contribution is 5.68. The van der Waals surface area contributed by atoms with Crippen LogP contribution in [0.4, 0.5) is 18.0 Å². The van der Waals surface area contributed by atoms with Crippen molar-refractivity contribution in [1.29, 1.82) is 0 Å². The van der Waals surface area contributed by atoms with Gasteiger partial charge in [0.05, 0.1) is 0 Å². The predicted octanol–water partition coefficient (Wildman–Crippen LogP) is 3.55. The second-order valence-corrected chi connectivity index (χ2v) is 6.83. The molecule has 2 rings (SSSR count). The maximum Gasteiger partial charge on any atom is 0.434 e. The highest BCUT2D eigenvalue weighted by Crippen LogP contribution is 2.32. The Morgan fingerprint density at radius 3 is 2.26 bits per heavy atom. The van der Waals surface area contributed by atoms with Crippen molar-refractivity contribution in [3.8, 4) is 0 Å². The number of aromatic nitrogens is 2. The van der Waals surface area contributed by atoms with Gasteiger partial charge in [0, 0.05) is 32.3 Å². The minimum absolute atomic E-state index is 0.0882. The fourth-order valence-corrected chi connectivity index (χ4v) is 2.64. The fourth-order valence-electron chi connectivity index (χ4n) is 2.64. The number of nitrogens with zero attached hydrogens (tertiary/aromatic N) is 3. The molecule has 2 heterocycles. The third kappa shape index (κ3) is 4.39. The standard InChI is InChI=1S/C15H22F3N3O2/c1-14(2,3)23-13(22)21-7-5-10(6-8-21)12-19-11(9-20(12)4)15(16,17)18/h9-10H,5-8H2,1-4H3. The van der Waals surface area contributed by atoms with Gasteiger partial charge in [-0.25, -0.2) is 9.78 Å². The van der Waals surface area contributed by atoms with Gasteiger partial charge in [0.1, 0.15) is 11.4 Å². The smallest absolute Gasteiger partial charge is 0.434 e. The van der Waals surface area contributed by atoms with Gasteiger partial charge in [-0.05, 0) is 33.6 Å². The van der Waals surface area contributed by atoms with E-state index in [0.717, 1.165) is 6.20 Å². The summed E-state index contributed by atoms with van der Waals surface area (Å²) in [5, 5.41) is 0. The second kappa shape index (κ2) is 6.05. The molecule has 5 nitrogen and oxygen atoms in total. The molecule has 0 aromatic carbocycles. The zero-order chi connectivity index (χ0) is 17.4. The van der Waals surface area contributed by atoms with Gasteiger partial charge >= 0.3 is 12.3 Å². The van der Waals surface area contributed by atoms with Crippen molar-refractivity contribution in [2.45, 2.75) is 51.3 Å². The van der Waals surface area contributed by atoms with E-state index in [0.29, 0.717) is 31.8 Å². The van der Waals surface area contributed by atoms with Gasteiger partial charge in [-0.2, -0.15) is 13.2 Å². The van der Waals surface area contributed by atoms with E-state index >= 15 is 0 Å². The predicted molar refractivity (Wildman–Crippen MR) is 78.0 cm³/mol. The molecule has 0 spiro atoms. The summed E-state index contributed by atoms with van der Waals surface area (Å²) in [7, 11) is 1.57. The van der Waals surface area contributed by atoms with Crippen molar-refractivity contribution >= 4 is 6.09 Å². The first-order chi connectivity index (χ1) is 10.5. The number of imidazole rings is 1. The topological polar surface area (TPSA) is 47.4 Å². The molecule has 130 valence electrons. The number of carbonyl (C=O) groups is 1. The molecule has 0 radical (unpaired) electrons. The number of carbonyl (C=O) groups excluding carboxylic acids is 1. The zero-order valence-corrected chi connectivity index (χ0v) is 13.8. The second-order valence-electron chi connectivity index (χ2n) is 6.83. The van der Waals surface area contributed by atoms with E-state index < -0.39 is 17.5 Å². The number of ether oxygens (including phenoxy) is 1. The first-order valence-electron chi connectivity index (χ1n) is 7.56. The number of alkyl halides is 3. The first kappa shape index (κ1) is 17.6. The van der Waals surface area contributed by atoms with Crippen LogP contribution in [0.25, 0.3) is 0 Å². The average Bonchev–Trinajstić information content (AvgIpc) is 2.79. The Kier molecular flexibility index (Phi) is 4.64. The summed E-state index contributed by atoms with van der Waals surface area (Å²) in [4.78, 5) is 17.3. The van der Waals surface area contributed by atoms with Crippen LogP contribution in [0.2, 0.25) is 0 Å². The first-order valence-corrected chi connectivity index (χ1v) is 7.56. The lowest BCUT2D eigenvalue weighted by molar-refractivity contribution is -0.141. The summed E-state index contributed by atoms with van der Waals surface area (Å²) in [5.41, 5.74) is -1.43. The van der Waals surface area contributed by atoms with Crippen molar-refractivity contribution in [1.82, 2.24) is 14.5 Å². The van der Waals surface area contributed by atoms with Crippen LogP contribution >= 0.6 is 0 Å². The molecule has 1 amide bonds. The monoisotopic (exact) mass is 333 g/mol. The molecular weight excluding hydrogens is 311 g/mol. The molecule has 1 aliphatic heterocycles. The van der Waals surface area contributed by atoms with E-state index in [1.807, 2.05) is 0 Å².